The van der Waals surface area contributed by atoms with Crippen LogP contribution in [0.1, 0.15) is 31.4 Å². The zero-order valence-corrected chi connectivity index (χ0v) is 18.6. The van der Waals surface area contributed by atoms with Crippen LogP contribution in [0.2, 0.25) is 0 Å². The average Bonchev–Trinajstić information content (AvgIpc) is 3.47. The van der Waals surface area contributed by atoms with Crippen molar-refractivity contribution in [3.63, 3.8) is 0 Å². The van der Waals surface area contributed by atoms with E-state index in [4.69, 9.17) is 4.74 Å². The Labute approximate surface area is 188 Å². The van der Waals surface area contributed by atoms with Crippen LogP contribution in [-0.4, -0.2) is 56.0 Å². The molecule has 32 heavy (non-hydrogen) atoms. The van der Waals surface area contributed by atoms with E-state index in [0.29, 0.717) is 38.6 Å². The number of guanidine groups is 1. The van der Waals surface area contributed by atoms with Gasteiger partial charge in [-0.1, -0.05) is 24.3 Å². The fourth-order valence-electron chi connectivity index (χ4n) is 5.14. The summed E-state index contributed by atoms with van der Waals surface area (Å²) in [6.07, 6.45) is 5.54. The molecule has 7 nitrogen and oxygen atoms in total. The van der Waals surface area contributed by atoms with E-state index in [1.54, 1.807) is 19.2 Å². The maximum atomic E-state index is 13.2. The maximum absolute atomic E-state index is 13.2. The number of carbonyl (C=O) groups is 2. The summed E-state index contributed by atoms with van der Waals surface area (Å²) in [5.41, 5.74) is 0.855. The number of ether oxygens (including phenoxy) is 1. The standard InChI is InChI=1S/C24H31FN4O3/c1-3-26-24(28-14-19(32-2)15-7-9-18(25)10-8-15)27-11-4-12-29-22(30)20-16-5-6-17(13-16)21(20)23(29)31/h5-10,16-17,19-21H,3-4,11-14H2,1-2H3,(H2,26,27,28). The number of likely N-dealkylation sites (tertiary alicyclic amines) is 1. The number of hydrogen-bond acceptors (Lipinski definition) is 4. The van der Waals surface area contributed by atoms with Gasteiger partial charge in [-0.25, -0.2) is 4.39 Å². The first-order valence-corrected chi connectivity index (χ1v) is 11.4. The molecule has 1 heterocycles. The number of benzene rings is 1. The number of amides is 2. The third-order valence-corrected chi connectivity index (χ3v) is 6.70. The average molecular weight is 443 g/mol. The molecule has 0 radical (unpaired) electrons. The first kappa shape index (κ1) is 22.5. The molecule has 1 saturated carbocycles. The van der Waals surface area contributed by atoms with E-state index < -0.39 is 0 Å². The topological polar surface area (TPSA) is 83.0 Å². The summed E-state index contributed by atoms with van der Waals surface area (Å²) >= 11 is 0. The van der Waals surface area contributed by atoms with Crippen molar-refractivity contribution in [2.45, 2.75) is 25.9 Å². The molecule has 4 rings (SSSR count). The second kappa shape index (κ2) is 9.81. The lowest BCUT2D eigenvalue weighted by molar-refractivity contribution is -0.140. The largest absolute Gasteiger partial charge is 0.375 e. The van der Waals surface area contributed by atoms with Crippen molar-refractivity contribution in [1.82, 2.24) is 15.5 Å². The molecule has 5 unspecified atom stereocenters. The number of rotatable bonds is 9. The zero-order valence-electron chi connectivity index (χ0n) is 18.6. The molecular weight excluding hydrogens is 411 g/mol. The van der Waals surface area contributed by atoms with E-state index in [9.17, 15) is 14.0 Å². The number of fused-ring (bicyclic) bond motifs is 5. The van der Waals surface area contributed by atoms with Gasteiger partial charge in [-0.2, -0.15) is 0 Å². The first-order valence-electron chi connectivity index (χ1n) is 11.4. The Morgan fingerprint density at radius 1 is 1.16 bits per heavy atom. The molecule has 2 amide bonds. The highest BCUT2D eigenvalue weighted by atomic mass is 19.1. The van der Waals surface area contributed by atoms with Crippen LogP contribution in [0.5, 0.6) is 0 Å². The zero-order chi connectivity index (χ0) is 22.7. The van der Waals surface area contributed by atoms with E-state index in [1.807, 2.05) is 6.92 Å². The Hall–Kier alpha value is -2.74. The van der Waals surface area contributed by atoms with Gasteiger partial charge >= 0.3 is 0 Å². The monoisotopic (exact) mass is 442 g/mol. The second-order valence-electron chi connectivity index (χ2n) is 8.60. The van der Waals surface area contributed by atoms with E-state index in [1.165, 1.54) is 17.0 Å². The minimum atomic E-state index is -0.287. The number of halogens is 1. The molecule has 1 aromatic carbocycles. The van der Waals surface area contributed by atoms with Gasteiger partial charge in [-0.3, -0.25) is 19.5 Å². The van der Waals surface area contributed by atoms with Crippen molar-refractivity contribution in [2.75, 3.05) is 33.3 Å². The van der Waals surface area contributed by atoms with Gasteiger partial charge in [-0.15, -0.1) is 0 Å². The summed E-state index contributed by atoms with van der Waals surface area (Å²) in [5, 5.41) is 6.44. The molecule has 0 aromatic heterocycles. The van der Waals surface area contributed by atoms with Crippen LogP contribution in [0.3, 0.4) is 0 Å². The predicted molar refractivity (Wildman–Crippen MR) is 119 cm³/mol. The molecule has 3 aliphatic rings. The lowest BCUT2D eigenvalue weighted by Gasteiger charge is -2.18. The van der Waals surface area contributed by atoms with E-state index in [-0.39, 0.29) is 47.4 Å². The summed E-state index contributed by atoms with van der Waals surface area (Å²) < 4.78 is 18.7. The molecule has 8 heteroatoms. The highest BCUT2D eigenvalue weighted by Crippen LogP contribution is 2.52. The molecule has 2 aliphatic carbocycles. The van der Waals surface area contributed by atoms with Gasteiger partial charge in [0.1, 0.15) is 11.9 Å². The lowest BCUT2D eigenvalue weighted by atomic mass is 9.85. The van der Waals surface area contributed by atoms with Crippen LogP contribution < -0.4 is 10.6 Å². The second-order valence-corrected chi connectivity index (χ2v) is 8.60. The number of allylic oxidation sites excluding steroid dienone is 2. The molecule has 2 bridgehead atoms. The number of hydrogen-bond donors (Lipinski definition) is 2. The van der Waals surface area contributed by atoms with Gasteiger partial charge in [0.05, 0.1) is 18.4 Å². The van der Waals surface area contributed by atoms with Crippen LogP contribution in [0.15, 0.2) is 41.4 Å². The highest BCUT2D eigenvalue weighted by Gasteiger charge is 2.58. The third-order valence-electron chi connectivity index (χ3n) is 6.70. The smallest absolute Gasteiger partial charge is 0.233 e. The number of nitrogens with one attached hydrogen (secondary N) is 2. The summed E-state index contributed by atoms with van der Waals surface area (Å²) in [6, 6.07) is 6.21. The summed E-state index contributed by atoms with van der Waals surface area (Å²) in [6.45, 7) is 4.06. The Morgan fingerprint density at radius 3 is 2.41 bits per heavy atom. The molecule has 172 valence electrons. The summed E-state index contributed by atoms with van der Waals surface area (Å²) in [7, 11) is 1.60. The van der Waals surface area contributed by atoms with Crippen molar-refractivity contribution in [1.29, 1.82) is 0 Å². The normalized spacial score (nSPS) is 27.2. The summed E-state index contributed by atoms with van der Waals surface area (Å²) in [4.78, 5) is 31.6. The number of imide groups is 1. The fourth-order valence-corrected chi connectivity index (χ4v) is 5.14. The number of nitrogens with zero attached hydrogens (tertiary/aromatic N) is 2. The molecule has 2 fully saturated rings. The molecule has 1 aliphatic heterocycles. The maximum Gasteiger partial charge on any atom is 0.233 e. The van der Waals surface area contributed by atoms with Gasteiger partial charge < -0.3 is 15.4 Å². The van der Waals surface area contributed by atoms with Crippen molar-refractivity contribution in [3.05, 3.63) is 47.8 Å². The molecule has 1 aromatic rings. The van der Waals surface area contributed by atoms with Crippen molar-refractivity contribution in [3.8, 4) is 0 Å². The lowest BCUT2D eigenvalue weighted by Crippen LogP contribution is -2.40. The molecular formula is C24H31FN4O3. The molecule has 5 atom stereocenters. The van der Waals surface area contributed by atoms with Crippen molar-refractivity contribution < 1.29 is 18.7 Å². The minimum absolute atomic E-state index is 0.000317. The summed E-state index contributed by atoms with van der Waals surface area (Å²) in [5.74, 6) is 0.557. The van der Waals surface area contributed by atoms with E-state index in [0.717, 1.165) is 12.0 Å². The first-order chi connectivity index (χ1) is 15.5. The fraction of sp³-hybridized carbons (Fsp3) is 0.542. The van der Waals surface area contributed by atoms with Crippen LogP contribution in [0.4, 0.5) is 4.39 Å². The van der Waals surface area contributed by atoms with Gasteiger partial charge in [0.25, 0.3) is 0 Å². The van der Waals surface area contributed by atoms with Crippen LogP contribution >= 0.6 is 0 Å². The van der Waals surface area contributed by atoms with Crippen molar-refractivity contribution >= 4 is 17.8 Å². The predicted octanol–water partition coefficient (Wildman–Crippen LogP) is 2.27. The van der Waals surface area contributed by atoms with Crippen molar-refractivity contribution in [2.24, 2.45) is 28.7 Å². The van der Waals surface area contributed by atoms with E-state index in [2.05, 4.69) is 27.8 Å². The molecule has 2 N–H and O–H groups in total. The van der Waals surface area contributed by atoms with Gasteiger partial charge in [0.15, 0.2) is 5.96 Å². The molecule has 1 saturated heterocycles. The SMILES string of the molecule is CCNC(=NCC(OC)c1ccc(F)cc1)NCCCN1C(=O)C2C3C=CC(C3)C2C1=O. The highest BCUT2D eigenvalue weighted by molar-refractivity contribution is 6.06. The number of aliphatic imine (C=N–C) groups is 1. The van der Waals surface area contributed by atoms with Gasteiger partial charge in [-0.05, 0) is 49.3 Å². The third kappa shape index (κ3) is 4.41. The minimum Gasteiger partial charge on any atom is -0.375 e. The molecule has 0 spiro atoms. The Morgan fingerprint density at radius 2 is 1.81 bits per heavy atom. The number of methoxy groups -OCH3 is 1. The Bertz CT molecular complexity index is 871. The quantitative estimate of drug-likeness (QED) is 0.202. The van der Waals surface area contributed by atoms with Crippen LogP contribution in [0, 0.1) is 29.5 Å². The Kier molecular flexibility index (Phi) is 6.89. The van der Waals surface area contributed by atoms with E-state index >= 15 is 0 Å². The van der Waals surface area contributed by atoms with Gasteiger partial charge in [0.2, 0.25) is 11.8 Å². The Balaban J connectivity index is 1.27. The van der Waals surface area contributed by atoms with Crippen LogP contribution in [0.25, 0.3) is 0 Å². The number of carbonyl (C=O) groups excluding carboxylic acids is 2. The van der Waals surface area contributed by atoms with Crippen LogP contribution in [-0.2, 0) is 14.3 Å². The van der Waals surface area contributed by atoms with Gasteiger partial charge in [0, 0.05) is 26.7 Å².